The molecule has 0 bridgehead atoms. The van der Waals surface area contributed by atoms with Gasteiger partial charge in [0.2, 0.25) is 11.8 Å². The molecule has 1 unspecified atom stereocenters. The smallest absolute Gasteiger partial charge is 0.245 e. The highest BCUT2D eigenvalue weighted by molar-refractivity contribution is 6.31. The lowest BCUT2D eigenvalue weighted by atomic mass is 9.94. The van der Waals surface area contributed by atoms with E-state index in [9.17, 15) is 9.59 Å². The highest BCUT2D eigenvalue weighted by Crippen LogP contribution is 2.31. The van der Waals surface area contributed by atoms with Gasteiger partial charge in [-0.25, -0.2) is 4.98 Å². The summed E-state index contributed by atoms with van der Waals surface area (Å²) in [6.45, 7) is 9.19. The molecular formula is C22H30ClN3O3. The van der Waals surface area contributed by atoms with Crippen molar-refractivity contribution >= 4 is 34.5 Å². The van der Waals surface area contributed by atoms with Gasteiger partial charge in [-0.3, -0.25) is 9.59 Å². The van der Waals surface area contributed by atoms with Crippen LogP contribution in [-0.4, -0.2) is 40.8 Å². The molecule has 0 aliphatic carbocycles. The van der Waals surface area contributed by atoms with E-state index in [2.05, 4.69) is 10.3 Å². The molecular weight excluding hydrogens is 390 g/mol. The van der Waals surface area contributed by atoms with Gasteiger partial charge in [0.25, 0.3) is 0 Å². The third kappa shape index (κ3) is 5.30. The van der Waals surface area contributed by atoms with Crippen molar-refractivity contribution in [2.75, 3.05) is 13.1 Å². The molecule has 1 aromatic carbocycles. The Bertz CT molecular complexity index is 869. The molecule has 1 atom stereocenters. The average molecular weight is 420 g/mol. The van der Waals surface area contributed by atoms with E-state index >= 15 is 0 Å². The Morgan fingerprint density at radius 1 is 1.24 bits per heavy atom. The summed E-state index contributed by atoms with van der Waals surface area (Å²) in [7, 11) is 0. The fraction of sp³-hybridized carbons (Fsp3) is 0.591. The maximum atomic E-state index is 13.0. The van der Waals surface area contributed by atoms with E-state index in [4.69, 9.17) is 16.0 Å². The van der Waals surface area contributed by atoms with Crippen LogP contribution in [-0.2, 0) is 9.59 Å². The molecule has 2 aromatic rings. The highest BCUT2D eigenvalue weighted by Gasteiger charge is 2.32. The molecule has 1 aromatic heterocycles. The monoisotopic (exact) mass is 419 g/mol. The summed E-state index contributed by atoms with van der Waals surface area (Å²) in [5.74, 6) is 1.13. The molecule has 7 heteroatoms. The number of aromatic nitrogens is 1. The van der Waals surface area contributed by atoms with Crippen molar-refractivity contribution in [2.24, 2.45) is 11.8 Å². The molecule has 1 N–H and O–H groups in total. The van der Waals surface area contributed by atoms with Crippen LogP contribution >= 0.6 is 11.6 Å². The maximum Gasteiger partial charge on any atom is 0.245 e. The lowest BCUT2D eigenvalue weighted by molar-refractivity contribution is -0.138. The first-order valence-electron chi connectivity index (χ1n) is 10.4. The van der Waals surface area contributed by atoms with Gasteiger partial charge in [0.05, 0.1) is 0 Å². The second-order valence-corrected chi connectivity index (χ2v) is 9.09. The summed E-state index contributed by atoms with van der Waals surface area (Å²) in [4.78, 5) is 31.7. The average Bonchev–Trinajstić information content (AvgIpc) is 3.08. The Morgan fingerprint density at radius 3 is 2.55 bits per heavy atom. The molecule has 2 heterocycles. The number of carbonyl (C=O) groups is 2. The molecule has 2 amide bonds. The molecule has 1 fully saturated rings. The number of amides is 2. The van der Waals surface area contributed by atoms with Crippen LogP contribution in [0.5, 0.6) is 0 Å². The van der Waals surface area contributed by atoms with Gasteiger partial charge in [-0.05, 0) is 42.9 Å². The molecule has 0 spiro atoms. The van der Waals surface area contributed by atoms with Crippen molar-refractivity contribution in [2.45, 2.75) is 58.9 Å². The topological polar surface area (TPSA) is 75.4 Å². The van der Waals surface area contributed by atoms with Gasteiger partial charge in [-0.1, -0.05) is 39.3 Å². The molecule has 1 saturated heterocycles. The molecule has 0 saturated carbocycles. The number of nitrogens with zero attached hydrogens (tertiary/aromatic N) is 2. The lowest BCUT2D eigenvalue weighted by Crippen LogP contribution is -2.53. The van der Waals surface area contributed by atoms with Crippen LogP contribution in [0.2, 0.25) is 5.02 Å². The minimum absolute atomic E-state index is 0.0000897. The molecule has 158 valence electrons. The van der Waals surface area contributed by atoms with Crippen molar-refractivity contribution in [1.29, 1.82) is 0 Å². The van der Waals surface area contributed by atoms with E-state index in [1.807, 2.05) is 38.7 Å². The molecule has 6 nitrogen and oxygen atoms in total. The number of oxazole rings is 1. The zero-order chi connectivity index (χ0) is 21.1. The summed E-state index contributed by atoms with van der Waals surface area (Å²) in [5, 5.41) is 3.57. The first-order valence-corrected chi connectivity index (χ1v) is 10.8. The van der Waals surface area contributed by atoms with Gasteiger partial charge >= 0.3 is 0 Å². The zero-order valence-electron chi connectivity index (χ0n) is 17.6. The van der Waals surface area contributed by atoms with Gasteiger partial charge in [-0.2, -0.15) is 0 Å². The Hall–Kier alpha value is -2.08. The normalized spacial score (nSPS) is 16.6. The number of hydrogen-bond acceptors (Lipinski definition) is 4. The number of benzene rings is 1. The number of nitrogens with one attached hydrogen (secondary N) is 1. The fourth-order valence-electron chi connectivity index (χ4n) is 3.75. The third-order valence-corrected chi connectivity index (χ3v) is 5.60. The lowest BCUT2D eigenvalue weighted by Gasteiger charge is -2.34. The van der Waals surface area contributed by atoms with Gasteiger partial charge in [0, 0.05) is 30.5 Å². The summed E-state index contributed by atoms with van der Waals surface area (Å²) < 4.78 is 5.90. The van der Waals surface area contributed by atoms with E-state index in [-0.39, 0.29) is 29.6 Å². The summed E-state index contributed by atoms with van der Waals surface area (Å²) >= 11 is 6.03. The molecule has 1 aliphatic heterocycles. The van der Waals surface area contributed by atoms with Crippen molar-refractivity contribution in [1.82, 2.24) is 15.2 Å². The number of likely N-dealkylation sites (tertiary alicyclic amines) is 1. The van der Waals surface area contributed by atoms with Crippen LogP contribution in [0.25, 0.3) is 11.1 Å². The van der Waals surface area contributed by atoms with E-state index in [0.29, 0.717) is 30.4 Å². The standard InChI is InChI=1S/C22H30ClN3O3/c1-13(2)11-19(27)25-20(14(3)4)22(28)26-9-7-15(8-10-26)21-24-17-12-16(23)5-6-18(17)29-21/h5-6,12-15,20H,7-11H2,1-4H3,(H,25,27). The SMILES string of the molecule is CC(C)CC(=O)NC(C(=O)N1CCC(c2nc3cc(Cl)ccc3o2)CC1)C(C)C. The third-order valence-electron chi connectivity index (χ3n) is 5.36. The van der Waals surface area contributed by atoms with Gasteiger partial charge in [-0.15, -0.1) is 0 Å². The van der Waals surface area contributed by atoms with E-state index in [0.717, 1.165) is 23.9 Å². The van der Waals surface area contributed by atoms with Crippen LogP contribution in [0.1, 0.15) is 58.8 Å². The fourth-order valence-corrected chi connectivity index (χ4v) is 3.92. The summed E-state index contributed by atoms with van der Waals surface area (Å²) in [6.07, 6.45) is 2.01. The first kappa shape index (κ1) is 21.6. The summed E-state index contributed by atoms with van der Waals surface area (Å²) in [5.41, 5.74) is 1.49. The van der Waals surface area contributed by atoms with E-state index in [1.54, 1.807) is 12.1 Å². The minimum atomic E-state index is -0.482. The molecule has 29 heavy (non-hydrogen) atoms. The molecule has 3 rings (SSSR count). The number of fused-ring (bicyclic) bond motifs is 1. The van der Waals surface area contributed by atoms with Crippen molar-refractivity contribution < 1.29 is 14.0 Å². The van der Waals surface area contributed by atoms with Gasteiger partial charge in [0.15, 0.2) is 11.5 Å². The number of halogens is 1. The second kappa shape index (κ2) is 9.16. The Balaban J connectivity index is 1.61. The number of rotatable bonds is 6. The second-order valence-electron chi connectivity index (χ2n) is 8.65. The first-order chi connectivity index (χ1) is 13.7. The van der Waals surface area contributed by atoms with Crippen LogP contribution < -0.4 is 5.32 Å². The molecule has 0 radical (unpaired) electrons. The predicted octanol–water partition coefficient (Wildman–Crippen LogP) is 4.37. The van der Waals surface area contributed by atoms with Crippen molar-refractivity contribution in [3.05, 3.63) is 29.1 Å². The van der Waals surface area contributed by atoms with Crippen LogP contribution in [0.4, 0.5) is 0 Å². The number of piperidine rings is 1. The number of carbonyl (C=O) groups excluding carboxylic acids is 2. The predicted molar refractivity (Wildman–Crippen MR) is 114 cm³/mol. The van der Waals surface area contributed by atoms with Crippen LogP contribution in [0.3, 0.4) is 0 Å². The van der Waals surface area contributed by atoms with Gasteiger partial charge in [0.1, 0.15) is 11.6 Å². The Kier molecular flexibility index (Phi) is 6.83. The zero-order valence-corrected chi connectivity index (χ0v) is 18.3. The maximum absolute atomic E-state index is 13.0. The number of hydrogen-bond donors (Lipinski definition) is 1. The van der Waals surface area contributed by atoms with E-state index in [1.165, 1.54) is 0 Å². The largest absolute Gasteiger partial charge is 0.440 e. The van der Waals surface area contributed by atoms with E-state index < -0.39 is 6.04 Å². The van der Waals surface area contributed by atoms with Crippen LogP contribution in [0, 0.1) is 11.8 Å². The quantitative estimate of drug-likeness (QED) is 0.754. The van der Waals surface area contributed by atoms with Crippen molar-refractivity contribution in [3.8, 4) is 0 Å². The summed E-state index contributed by atoms with van der Waals surface area (Å²) in [6, 6.07) is 4.94. The Labute approximate surface area is 177 Å². The van der Waals surface area contributed by atoms with Crippen LogP contribution in [0.15, 0.2) is 22.6 Å². The minimum Gasteiger partial charge on any atom is -0.440 e. The highest BCUT2D eigenvalue weighted by atomic mass is 35.5. The van der Waals surface area contributed by atoms with Crippen molar-refractivity contribution in [3.63, 3.8) is 0 Å². The van der Waals surface area contributed by atoms with Gasteiger partial charge < -0.3 is 14.6 Å². The Morgan fingerprint density at radius 2 is 1.93 bits per heavy atom. The molecule has 1 aliphatic rings.